The third-order valence-corrected chi connectivity index (χ3v) is 5.08. The van der Waals surface area contributed by atoms with Crippen LogP contribution in [0.2, 0.25) is 0 Å². The standard InChI is InChI=1S/C21H22N4O/c1-15-4-6-16(7-5-15)19-13-23-24-20(19)18-3-2-12-25(14-18)21(26)17-8-10-22-11-9-17/h4-11,13,18H,2-3,12,14H2,1H3,(H,23,24). The summed E-state index contributed by atoms with van der Waals surface area (Å²) in [4.78, 5) is 18.7. The molecule has 3 heterocycles. The third kappa shape index (κ3) is 3.25. The molecule has 5 heteroatoms. The van der Waals surface area contributed by atoms with Gasteiger partial charge in [0.05, 0.1) is 6.20 Å². The Morgan fingerprint density at radius 3 is 2.69 bits per heavy atom. The molecular weight excluding hydrogens is 324 g/mol. The molecule has 1 fully saturated rings. The second kappa shape index (κ2) is 7.12. The van der Waals surface area contributed by atoms with E-state index in [4.69, 9.17) is 0 Å². The molecule has 0 bridgehead atoms. The van der Waals surface area contributed by atoms with Crippen molar-refractivity contribution >= 4 is 5.91 Å². The molecule has 1 aliphatic rings. The Morgan fingerprint density at radius 1 is 1.15 bits per heavy atom. The van der Waals surface area contributed by atoms with Crippen LogP contribution in [0.25, 0.3) is 11.1 Å². The van der Waals surface area contributed by atoms with Gasteiger partial charge in [-0.25, -0.2) is 0 Å². The summed E-state index contributed by atoms with van der Waals surface area (Å²) in [5, 5.41) is 7.48. The lowest BCUT2D eigenvalue weighted by Gasteiger charge is -2.32. The van der Waals surface area contributed by atoms with Crippen molar-refractivity contribution in [3.63, 3.8) is 0 Å². The highest BCUT2D eigenvalue weighted by Crippen LogP contribution is 2.33. The molecule has 0 aliphatic carbocycles. The number of piperidine rings is 1. The van der Waals surface area contributed by atoms with Gasteiger partial charge < -0.3 is 4.90 Å². The zero-order valence-corrected chi connectivity index (χ0v) is 14.9. The molecule has 5 nitrogen and oxygen atoms in total. The number of likely N-dealkylation sites (tertiary alicyclic amines) is 1. The summed E-state index contributed by atoms with van der Waals surface area (Å²) in [6.45, 7) is 3.59. The van der Waals surface area contributed by atoms with E-state index in [9.17, 15) is 4.79 Å². The molecular formula is C21H22N4O. The molecule has 3 aromatic rings. The second-order valence-electron chi connectivity index (χ2n) is 6.89. The normalized spacial score (nSPS) is 17.3. The van der Waals surface area contributed by atoms with Crippen LogP contribution in [0.15, 0.2) is 55.0 Å². The number of nitrogens with one attached hydrogen (secondary N) is 1. The number of carbonyl (C=O) groups excluding carboxylic acids is 1. The van der Waals surface area contributed by atoms with Crippen molar-refractivity contribution in [2.24, 2.45) is 0 Å². The van der Waals surface area contributed by atoms with E-state index in [2.05, 4.69) is 46.4 Å². The number of rotatable bonds is 3. The molecule has 1 aromatic carbocycles. The Kier molecular flexibility index (Phi) is 4.52. The molecule has 1 N–H and O–H groups in total. The van der Waals surface area contributed by atoms with Gasteiger partial charge in [0.15, 0.2) is 0 Å². The zero-order valence-electron chi connectivity index (χ0n) is 14.9. The Bertz CT molecular complexity index is 886. The summed E-state index contributed by atoms with van der Waals surface area (Å²) >= 11 is 0. The van der Waals surface area contributed by atoms with Crippen LogP contribution in [0, 0.1) is 6.92 Å². The predicted molar refractivity (Wildman–Crippen MR) is 101 cm³/mol. The first kappa shape index (κ1) is 16.5. The number of carbonyl (C=O) groups is 1. The molecule has 0 spiro atoms. The van der Waals surface area contributed by atoms with Gasteiger partial charge in [-0.1, -0.05) is 29.8 Å². The van der Waals surface area contributed by atoms with Crippen LogP contribution in [-0.2, 0) is 0 Å². The van der Waals surface area contributed by atoms with Crippen LogP contribution in [0.3, 0.4) is 0 Å². The molecule has 26 heavy (non-hydrogen) atoms. The number of hydrogen-bond acceptors (Lipinski definition) is 3. The van der Waals surface area contributed by atoms with Gasteiger partial charge in [-0.2, -0.15) is 5.10 Å². The number of pyridine rings is 1. The quantitative estimate of drug-likeness (QED) is 0.785. The van der Waals surface area contributed by atoms with Gasteiger partial charge in [0, 0.05) is 48.2 Å². The predicted octanol–water partition coefficient (Wildman–Crippen LogP) is 3.80. The van der Waals surface area contributed by atoms with E-state index in [0.717, 1.165) is 36.2 Å². The minimum absolute atomic E-state index is 0.0773. The minimum Gasteiger partial charge on any atom is -0.338 e. The number of nitrogens with zero attached hydrogens (tertiary/aromatic N) is 3. The summed E-state index contributed by atoms with van der Waals surface area (Å²) < 4.78 is 0. The van der Waals surface area contributed by atoms with Gasteiger partial charge in [0.2, 0.25) is 0 Å². The van der Waals surface area contributed by atoms with E-state index < -0.39 is 0 Å². The molecule has 132 valence electrons. The van der Waals surface area contributed by atoms with Crippen LogP contribution in [0.1, 0.15) is 40.4 Å². The van der Waals surface area contributed by atoms with Gasteiger partial charge in [0.25, 0.3) is 5.91 Å². The minimum atomic E-state index is 0.0773. The molecule has 1 atom stereocenters. The van der Waals surface area contributed by atoms with Crippen LogP contribution < -0.4 is 0 Å². The van der Waals surface area contributed by atoms with Crippen molar-refractivity contribution in [2.45, 2.75) is 25.7 Å². The van der Waals surface area contributed by atoms with Crippen LogP contribution >= 0.6 is 0 Å². The van der Waals surface area contributed by atoms with Gasteiger partial charge in [0.1, 0.15) is 0 Å². The molecule has 0 radical (unpaired) electrons. The second-order valence-corrected chi connectivity index (χ2v) is 6.89. The van der Waals surface area contributed by atoms with Crippen LogP contribution in [0.5, 0.6) is 0 Å². The zero-order chi connectivity index (χ0) is 17.9. The molecule has 0 saturated carbocycles. The van der Waals surface area contributed by atoms with Gasteiger partial charge in [-0.3, -0.25) is 14.9 Å². The van der Waals surface area contributed by atoms with Crippen molar-refractivity contribution in [1.29, 1.82) is 0 Å². The first-order chi connectivity index (χ1) is 12.7. The van der Waals surface area contributed by atoms with E-state index in [-0.39, 0.29) is 11.8 Å². The maximum absolute atomic E-state index is 12.8. The number of hydrogen-bond donors (Lipinski definition) is 1. The van der Waals surface area contributed by atoms with E-state index in [0.29, 0.717) is 12.1 Å². The van der Waals surface area contributed by atoms with Gasteiger partial charge in [-0.15, -0.1) is 0 Å². The summed E-state index contributed by atoms with van der Waals surface area (Å²) in [6, 6.07) is 12.1. The molecule has 1 amide bonds. The number of aryl methyl sites for hydroxylation is 1. The monoisotopic (exact) mass is 346 g/mol. The fourth-order valence-corrected chi connectivity index (χ4v) is 3.64. The van der Waals surface area contributed by atoms with Crippen molar-refractivity contribution in [2.75, 3.05) is 13.1 Å². The van der Waals surface area contributed by atoms with E-state index in [1.165, 1.54) is 5.56 Å². The Balaban J connectivity index is 1.57. The third-order valence-electron chi connectivity index (χ3n) is 5.08. The largest absolute Gasteiger partial charge is 0.338 e. The van der Waals surface area contributed by atoms with Crippen molar-refractivity contribution < 1.29 is 4.79 Å². The highest BCUT2D eigenvalue weighted by Gasteiger charge is 2.28. The van der Waals surface area contributed by atoms with E-state index in [1.807, 2.05) is 11.1 Å². The average molecular weight is 346 g/mol. The highest BCUT2D eigenvalue weighted by molar-refractivity contribution is 5.94. The maximum Gasteiger partial charge on any atom is 0.253 e. The number of benzene rings is 1. The summed E-state index contributed by atoms with van der Waals surface area (Å²) in [7, 11) is 0. The number of H-pyrrole nitrogens is 1. The smallest absolute Gasteiger partial charge is 0.253 e. The van der Waals surface area contributed by atoms with Crippen LogP contribution in [0.4, 0.5) is 0 Å². The Hall–Kier alpha value is -2.95. The van der Waals surface area contributed by atoms with E-state index in [1.54, 1.807) is 24.5 Å². The average Bonchev–Trinajstić information content (AvgIpc) is 3.19. The summed E-state index contributed by atoms with van der Waals surface area (Å²) in [6.07, 6.45) is 7.27. The lowest BCUT2D eigenvalue weighted by molar-refractivity contribution is 0.0706. The van der Waals surface area contributed by atoms with Crippen molar-refractivity contribution in [3.8, 4) is 11.1 Å². The Labute approximate surface area is 153 Å². The Morgan fingerprint density at radius 2 is 1.92 bits per heavy atom. The topological polar surface area (TPSA) is 61.9 Å². The molecule has 1 saturated heterocycles. The highest BCUT2D eigenvalue weighted by atomic mass is 16.2. The lowest BCUT2D eigenvalue weighted by Crippen LogP contribution is -2.39. The van der Waals surface area contributed by atoms with Crippen molar-refractivity contribution in [1.82, 2.24) is 20.1 Å². The molecule has 1 unspecified atom stereocenters. The van der Waals surface area contributed by atoms with Gasteiger partial charge in [-0.05, 0) is 37.5 Å². The lowest BCUT2D eigenvalue weighted by atomic mass is 9.90. The molecule has 2 aromatic heterocycles. The van der Waals surface area contributed by atoms with Gasteiger partial charge >= 0.3 is 0 Å². The summed E-state index contributed by atoms with van der Waals surface area (Å²) in [5.41, 5.74) is 5.36. The SMILES string of the molecule is Cc1ccc(-c2cn[nH]c2C2CCCN(C(=O)c3ccncc3)C2)cc1. The molecule has 4 rings (SSSR count). The fourth-order valence-electron chi connectivity index (χ4n) is 3.64. The van der Waals surface area contributed by atoms with Crippen LogP contribution in [-0.4, -0.2) is 39.1 Å². The number of amides is 1. The first-order valence-corrected chi connectivity index (χ1v) is 9.02. The number of aromatic nitrogens is 3. The summed E-state index contributed by atoms with van der Waals surface area (Å²) in [5.74, 6) is 0.349. The van der Waals surface area contributed by atoms with E-state index >= 15 is 0 Å². The van der Waals surface area contributed by atoms with Crippen molar-refractivity contribution in [3.05, 3.63) is 71.8 Å². The first-order valence-electron chi connectivity index (χ1n) is 9.02. The fraction of sp³-hybridized carbons (Fsp3) is 0.286. The molecule has 1 aliphatic heterocycles. The maximum atomic E-state index is 12.8. The number of aromatic amines is 1.